The topological polar surface area (TPSA) is 77.4 Å². The zero-order valence-electron chi connectivity index (χ0n) is 33.4. The summed E-state index contributed by atoms with van der Waals surface area (Å²) < 4.78 is 0. The van der Waals surface area contributed by atoms with Crippen molar-refractivity contribution in [1.29, 1.82) is 0 Å². The van der Waals surface area contributed by atoms with Gasteiger partial charge in [0.2, 0.25) is 0 Å². The van der Waals surface area contributed by atoms with E-state index in [4.69, 9.17) is 30.0 Å². The lowest BCUT2D eigenvalue weighted by Gasteiger charge is -2.26. The van der Waals surface area contributed by atoms with Gasteiger partial charge in [0.05, 0.1) is 33.1 Å². The Morgan fingerprint density at radius 2 is 0.810 bits per heavy atom. The summed E-state index contributed by atoms with van der Waals surface area (Å²) in [6.07, 6.45) is 0. The summed E-state index contributed by atoms with van der Waals surface area (Å²) in [5.41, 5.74) is 5.11. The highest BCUT2D eigenvalue weighted by Crippen LogP contribution is 2.38. The molecule has 0 unspecified atom stereocenters. The maximum Gasteiger partial charge on any atom is 0.146 e. The van der Waals surface area contributed by atoms with Gasteiger partial charge >= 0.3 is 0 Å². The molecule has 0 aliphatic carbocycles. The van der Waals surface area contributed by atoms with Crippen LogP contribution in [-0.4, -0.2) is 17.0 Å². The number of fused-ring (bicyclic) bond motifs is 6. The first-order valence-corrected chi connectivity index (χ1v) is 20.0. The average molecular weight is 752 g/mol. The predicted octanol–water partition coefficient (Wildman–Crippen LogP) is 8.92. The van der Waals surface area contributed by atoms with Crippen LogP contribution in [-0.2, 0) is 0 Å². The molecular weight excluding hydrogens is 711 g/mol. The van der Waals surface area contributed by atoms with Gasteiger partial charge in [-0.05, 0) is 127 Å². The standard InChI is InChI=1S/C51H41N7/c1-49(2)52-39-23-14-24-40(46(39)55-49)58(41-27-25-37(44-47(41)56-50(3,4)53-44)36-22-13-18-30-15-7-10-19-33(30)36)42-28-26-38(45-48(42)57-51(5,6)54-45)43-34-20-11-8-16-31(34)29-32-17-9-12-21-35(32)43/h7-29H,1-6H3. The van der Waals surface area contributed by atoms with E-state index in [2.05, 4.69) is 166 Å². The number of para-hydroxylation sites is 1. The summed E-state index contributed by atoms with van der Waals surface area (Å²) in [7, 11) is 0. The third kappa shape index (κ3) is 5.33. The summed E-state index contributed by atoms with van der Waals surface area (Å²) in [5.74, 6) is 0. The molecule has 0 amide bonds. The number of anilines is 3. The van der Waals surface area contributed by atoms with E-state index in [1.165, 1.54) is 32.3 Å². The molecule has 0 saturated carbocycles. The van der Waals surface area contributed by atoms with E-state index >= 15 is 0 Å². The molecule has 0 saturated heterocycles. The summed E-state index contributed by atoms with van der Waals surface area (Å²) in [4.78, 5) is 34.1. The molecule has 8 aromatic rings. The van der Waals surface area contributed by atoms with Crippen LogP contribution in [0.25, 0.3) is 54.6 Å². The minimum absolute atomic E-state index is 0.602. The Kier molecular flexibility index (Phi) is 7.16. The molecule has 3 aliphatic rings. The molecule has 7 nitrogen and oxygen atoms in total. The zero-order chi connectivity index (χ0) is 39.6. The van der Waals surface area contributed by atoms with Crippen molar-refractivity contribution in [2.75, 3.05) is 4.90 Å². The first kappa shape index (κ1) is 34.4. The smallest absolute Gasteiger partial charge is 0.146 e. The molecule has 0 spiro atoms. The van der Waals surface area contributed by atoms with Crippen LogP contribution >= 0.6 is 0 Å². The normalized spacial score (nSPS) is 16.3. The molecule has 0 radical (unpaired) electrons. The second-order valence-electron chi connectivity index (χ2n) is 17.0. The Balaban J connectivity index is 1.24. The molecule has 0 bridgehead atoms. The van der Waals surface area contributed by atoms with E-state index < -0.39 is 17.0 Å². The van der Waals surface area contributed by atoms with Gasteiger partial charge in [0, 0.05) is 11.1 Å². The molecule has 3 aliphatic heterocycles. The molecule has 0 fully saturated rings. The second kappa shape index (κ2) is 12.1. The van der Waals surface area contributed by atoms with Crippen LogP contribution in [0.5, 0.6) is 0 Å². The van der Waals surface area contributed by atoms with Gasteiger partial charge in [-0.3, -0.25) is 30.0 Å². The summed E-state index contributed by atoms with van der Waals surface area (Å²) >= 11 is 0. The zero-order valence-corrected chi connectivity index (χ0v) is 33.4. The molecule has 280 valence electrons. The highest BCUT2D eigenvalue weighted by atomic mass is 15.2. The van der Waals surface area contributed by atoms with Crippen molar-refractivity contribution in [3.8, 4) is 22.3 Å². The van der Waals surface area contributed by atoms with Crippen LogP contribution in [0.4, 0.5) is 17.1 Å². The molecule has 58 heavy (non-hydrogen) atoms. The molecule has 7 heteroatoms. The molecule has 3 heterocycles. The maximum absolute atomic E-state index is 5.43. The van der Waals surface area contributed by atoms with Crippen molar-refractivity contribution >= 4 is 49.4 Å². The van der Waals surface area contributed by atoms with Crippen LogP contribution in [0.1, 0.15) is 41.5 Å². The number of nitrogens with zero attached hydrogens (tertiary/aromatic N) is 7. The fourth-order valence-corrected chi connectivity index (χ4v) is 9.16. The molecule has 0 atom stereocenters. The lowest BCUT2D eigenvalue weighted by molar-refractivity contribution is 0.549. The molecule has 0 aromatic heterocycles. The average Bonchev–Trinajstić information content (AvgIpc) is 3.84. The van der Waals surface area contributed by atoms with Crippen LogP contribution in [0.2, 0.25) is 0 Å². The van der Waals surface area contributed by atoms with Gasteiger partial charge in [-0.1, -0.05) is 97.1 Å². The summed E-state index contributed by atoms with van der Waals surface area (Å²) in [6, 6.07) is 49.7. The van der Waals surface area contributed by atoms with Crippen molar-refractivity contribution in [2.45, 2.75) is 58.5 Å². The van der Waals surface area contributed by atoms with Crippen molar-refractivity contribution in [3.05, 3.63) is 172 Å². The van der Waals surface area contributed by atoms with Crippen molar-refractivity contribution < 1.29 is 0 Å². The van der Waals surface area contributed by atoms with E-state index in [0.717, 1.165) is 71.5 Å². The molecular formula is C51H41N7. The number of hydrogen-bond acceptors (Lipinski definition) is 7. The van der Waals surface area contributed by atoms with Gasteiger partial charge in [0.1, 0.15) is 33.1 Å². The third-order valence-corrected chi connectivity index (χ3v) is 11.4. The second-order valence-corrected chi connectivity index (χ2v) is 17.0. The van der Waals surface area contributed by atoms with Crippen molar-refractivity contribution in [2.24, 2.45) is 30.0 Å². The van der Waals surface area contributed by atoms with Gasteiger partial charge < -0.3 is 4.90 Å². The fourth-order valence-electron chi connectivity index (χ4n) is 9.16. The van der Waals surface area contributed by atoms with Crippen molar-refractivity contribution in [1.82, 2.24) is 0 Å². The number of benzene rings is 8. The van der Waals surface area contributed by atoms with E-state index in [0.29, 0.717) is 0 Å². The lowest BCUT2D eigenvalue weighted by Crippen LogP contribution is -2.38. The monoisotopic (exact) mass is 751 g/mol. The Labute approximate surface area is 335 Å². The van der Waals surface area contributed by atoms with Gasteiger partial charge in [-0.2, -0.15) is 0 Å². The van der Waals surface area contributed by atoms with Gasteiger partial charge in [-0.15, -0.1) is 0 Å². The highest BCUT2D eigenvalue weighted by Gasteiger charge is 2.31. The van der Waals surface area contributed by atoms with E-state index in [1.54, 1.807) is 0 Å². The largest absolute Gasteiger partial charge is 0.304 e. The third-order valence-electron chi connectivity index (χ3n) is 11.4. The predicted molar refractivity (Wildman–Crippen MR) is 234 cm³/mol. The minimum Gasteiger partial charge on any atom is -0.304 e. The van der Waals surface area contributed by atoms with Crippen LogP contribution < -0.4 is 37.0 Å². The molecule has 11 rings (SSSR count). The first-order chi connectivity index (χ1) is 27.9. The SMILES string of the molecule is CC1(C)N=c2cccc(N(c3ccc(-c4cccc5ccccc45)c4c3=NC(C)(C)N=4)c3ccc(-c4c5ccccc5cc5ccccc45)c4c3=NC(C)(C)N=4)c2=N1. The van der Waals surface area contributed by atoms with Gasteiger partial charge in [0.25, 0.3) is 0 Å². The Morgan fingerprint density at radius 3 is 1.47 bits per heavy atom. The van der Waals surface area contributed by atoms with E-state index in [1.807, 2.05) is 19.9 Å². The maximum atomic E-state index is 5.43. The fraction of sp³-hybridized carbons (Fsp3) is 0.176. The van der Waals surface area contributed by atoms with Gasteiger partial charge in [0.15, 0.2) is 0 Å². The first-order valence-electron chi connectivity index (χ1n) is 20.0. The van der Waals surface area contributed by atoms with Crippen molar-refractivity contribution in [3.63, 3.8) is 0 Å². The van der Waals surface area contributed by atoms with Gasteiger partial charge in [-0.25, -0.2) is 0 Å². The Hall–Kier alpha value is -6.86. The van der Waals surface area contributed by atoms with Crippen LogP contribution in [0.3, 0.4) is 0 Å². The highest BCUT2D eigenvalue weighted by molar-refractivity contribution is 6.12. The Morgan fingerprint density at radius 1 is 0.345 bits per heavy atom. The summed E-state index contributed by atoms with van der Waals surface area (Å²) in [5, 5.41) is 12.2. The number of rotatable bonds is 5. The van der Waals surface area contributed by atoms with E-state index in [9.17, 15) is 0 Å². The molecule has 0 N–H and O–H groups in total. The number of hydrogen-bond donors (Lipinski definition) is 0. The lowest BCUT2D eigenvalue weighted by atomic mass is 9.91. The quantitative estimate of drug-likeness (QED) is 0.162. The minimum atomic E-state index is -0.693. The summed E-state index contributed by atoms with van der Waals surface area (Å²) in [6.45, 7) is 12.4. The van der Waals surface area contributed by atoms with Crippen LogP contribution in [0, 0.1) is 0 Å². The Bertz CT molecular complexity index is 3450. The van der Waals surface area contributed by atoms with Crippen LogP contribution in [0.15, 0.2) is 169 Å². The van der Waals surface area contributed by atoms with E-state index in [-0.39, 0.29) is 0 Å². The molecule has 8 aromatic carbocycles.